The van der Waals surface area contributed by atoms with Gasteiger partial charge in [-0.1, -0.05) is 42.1 Å². The lowest BCUT2D eigenvalue weighted by Gasteiger charge is -2.28. The number of anilines is 2. The number of rotatable bonds is 6. The number of carbonyl (C=O) groups is 1. The van der Waals surface area contributed by atoms with E-state index in [4.69, 9.17) is 9.47 Å². The predicted molar refractivity (Wildman–Crippen MR) is 115 cm³/mol. The monoisotopic (exact) mass is 410 g/mol. The summed E-state index contributed by atoms with van der Waals surface area (Å²) in [6.07, 6.45) is 0. The summed E-state index contributed by atoms with van der Waals surface area (Å²) in [4.78, 5) is 14.6. The molecule has 0 aliphatic carbocycles. The number of amides is 1. The summed E-state index contributed by atoms with van der Waals surface area (Å²) >= 11 is 1.38. The van der Waals surface area contributed by atoms with Gasteiger partial charge < -0.3 is 19.7 Å². The number of morpholine rings is 1. The lowest BCUT2D eigenvalue weighted by Crippen LogP contribution is -2.37. The van der Waals surface area contributed by atoms with Crippen molar-refractivity contribution in [2.24, 2.45) is 0 Å². The van der Waals surface area contributed by atoms with E-state index >= 15 is 0 Å². The van der Waals surface area contributed by atoms with Crippen LogP contribution in [-0.4, -0.2) is 55.3 Å². The number of aromatic nitrogens is 2. The first-order chi connectivity index (χ1) is 14.2. The average Bonchev–Trinajstić information content (AvgIpc) is 2.78. The molecule has 0 saturated carbocycles. The fourth-order valence-electron chi connectivity index (χ4n) is 3.21. The summed E-state index contributed by atoms with van der Waals surface area (Å²) in [7, 11) is 1.60. The van der Waals surface area contributed by atoms with Crippen LogP contribution in [-0.2, 0) is 9.53 Å². The minimum absolute atomic E-state index is 0.105. The fraction of sp³-hybridized carbons (Fsp3) is 0.286. The summed E-state index contributed by atoms with van der Waals surface area (Å²) in [5.41, 5.74) is 0.702. The molecule has 1 amide bonds. The van der Waals surface area contributed by atoms with E-state index in [0.29, 0.717) is 24.7 Å². The number of nitrogens with zero attached hydrogens (tertiary/aromatic N) is 3. The molecule has 3 aromatic rings. The van der Waals surface area contributed by atoms with Gasteiger partial charge in [0.05, 0.1) is 26.1 Å². The SMILES string of the molecule is COc1cccc(NC(=O)CSc2nnc(N3CCOCC3)c3ccccc23)c1. The Hall–Kier alpha value is -2.84. The van der Waals surface area contributed by atoms with Gasteiger partial charge in [-0.15, -0.1) is 10.2 Å². The quantitative estimate of drug-likeness (QED) is 0.625. The van der Waals surface area contributed by atoms with Crippen molar-refractivity contribution < 1.29 is 14.3 Å². The third kappa shape index (κ3) is 4.60. The van der Waals surface area contributed by atoms with Crippen LogP contribution in [0.2, 0.25) is 0 Å². The van der Waals surface area contributed by atoms with Gasteiger partial charge in [-0.25, -0.2) is 0 Å². The Labute approximate surface area is 173 Å². The van der Waals surface area contributed by atoms with E-state index in [0.717, 1.165) is 34.7 Å². The summed E-state index contributed by atoms with van der Waals surface area (Å²) in [6, 6.07) is 15.3. The number of methoxy groups -OCH3 is 1. The number of thioether (sulfide) groups is 1. The van der Waals surface area contributed by atoms with Crippen LogP contribution in [0.5, 0.6) is 5.75 Å². The van der Waals surface area contributed by atoms with Gasteiger partial charge in [0.25, 0.3) is 0 Å². The second-order valence-electron chi connectivity index (χ2n) is 6.54. The van der Waals surface area contributed by atoms with E-state index in [9.17, 15) is 4.79 Å². The van der Waals surface area contributed by atoms with Gasteiger partial charge in [0.2, 0.25) is 5.91 Å². The maximum atomic E-state index is 12.4. The molecule has 1 N–H and O–H groups in total. The van der Waals surface area contributed by atoms with Crippen LogP contribution in [0.15, 0.2) is 53.6 Å². The van der Waals surface area contributed by atoms with Gasteiger partial charge in [-0.2, -0.15) is 0 Å². The van der Waals surface area contributed by atoms with E-state index in [1.807, 2.05) is 36.4 Å². The molecule has 29 heavy (non-hydrogen) atoms. The number of carbonyl (C=O) groups excluding carboxylic acids is 1. The maximum Gasteiger partial charge on any atom is 0.234 e. The minimum atomic E-state index is -0.105. The normalized spacial score (nSPS) is 14.0. The fourth-order valence-corrected chi connectivity index (χ4v) is 3.98. The van der Waals surface area contributed by atoms with Crippen molar-refractivity contribution in [3.05, 3.63) is 48.5 Å². The second kappa shape index (κ2) is 9.11. The number of nitrogens with one attached hydrogen (secondary N) is 1. The Balaban J connectivity index is 1.48. The van der Waals surface area contributed by atoms with Crippen molar-refractivity contribution in [1.29, 1.82) is 0 Å². The van der Waals surface area contributed by atoms with Crippen LogP contribution in [0.4, 0.5) is 11.5 Å². The molecule has 0 bridgehead atoms. The molecule has 0 atom stereocenters. The maximum absolute atomic E-state index is 12.4. The molecular weight excluding hydrogens is 388 g/mol. The minimum Gasteiger partial charge on any atom is -0.497 e. The Morgan fingerprint density at radius 2 is 1.93 bits per heavy atom. The molecule has 2 heterocycles. The van der Waals surface area contributed by atoms with Crippen LogP contribution >= 0.6 is 11.8 Å². The molecule has 0 unspecified atom stereocenters. The zero-order valence-electron chi connectivity index (χ0n) is 16.1. The smallest absolute Gasteiger partial charge is 0.234 e. The molecular formula is C21H22N4O3S. The number of hydrogen-bond donors (Lipinski definition) is 1. The number of hydrogen-bond acceptors (Lipinski definition) is 7. The summed E-state index contributed by atoms with van der Waals surface area (Å²) in [6.45, 7) is 2.98. The van der Waals surface area contributed by atoms with Crippen molar-refractivity contribution in [3.8, 4) is 5.75 Å². The van der Waals surface area contributed by atoms with Crippen LogP contribution in [0.1, 0.15) is 0 Å². The van der Waals surface area contributed by atoms with E-state index < -0.39 is 0 Å². The van der Waals surface area contributed by atoms with Crippen molar-refractivity contribution in [3.63, 3.8) is 0 Å². The molecule has 2 aromatic carbocycles. The molecule has 0 radical (unpaired) electrons. The molecule has 1 aliphatic rings. The van der Waals surface area contributed by atoms with E-state index in [2.05, 4.69) is 26.5 Å². The highest BCUT2D eigenvalue weighted by Gasteiger charge is 2.18. The summed E-state index contributed by atoms with van der Waals surface area (Å²) < 4.78 is 10.6. The topological polar surface area (TPSA) is 76.6 Å². The van der Waals surface area contributed by atoms with Crippen molar-refractivity contribution in [2.75, 3.05) is 49.4 Å². The molecule has 4 rings (SSSR count). The highest BCUT2D eigenvalue weighted by Crippen LogP contribution is 2.31. The van der Waals surface area contributed by atoms with E-state index in [-0.39, 0.29) is 11.7 Å². The lowest BCUT2D eigenvalue weighted by atomic mass is 10.2. The second-order valence-corrected chi connectivity index (χ2v) is 7.51. The standard InChI is InChI=1S/C21H22N4O3S/c1-27-16-6-4-5-15(13-16)22-19(26)14-29-21-18-8-3-2-7-17(18)20(23-24-21)25-9-11-28-12-10-25/h2-8,13H,9-12,14H2,1H3,(H,22,26). The molecule has 0 spiro atoms. The predicted octanol–water partition coefficient (Wildman–Crippen LogP) is 3.21. The first-order valence-electron chi connectivity index (χ1n) is 9.39. The van der Waals surface area contributed by atoms with Gasteiger partial charge in [-0.05, 0) is 12.1 Å². The van der Waals surface area contributed by atoms with Gasteiger partial charge in [0.1, 0.15) is 10.8 Å². The zero-order valence-corrected chi connectivity index (χ0v) is 16.9. The summed E-state index contributed by atoms with van der Waals surface area (Å²) in [5.74, 6) is 1.71. The van der Waals surface area contributed by atoms with Gasteiger partial charge in [0, 0.05) is 35.6 Å². The molecule has 8 heteroatoms. The number of benzene rings is 2. The van der Waals surface area contributed by atoms with Gasteiger partial charge >= 0.3 is 0 Å². The third-order valence-electron chi connectivity index (χ3n) is 4.64. The lowest BCUT2D eigenvalue weighted by molar-refractivity contribution is -0.113. The summed E-state index contributed by atoms with van der Waals surface area (Å²) in [5, 5.41) is 14.6. The van der Waals surface area contributed by atoms with Gasteiger partial charge in [-0.3, -0.25) is 4.79 Å². The number of fused-ring (bicyclic) bond motifs is 1. The van der Waals surface area contributed by atoms with E-state index in [1.54, 1.807) is 13.2 Å². The van der Waals surface area contributed by atoms with Crippen LogP contribution in [0, 0.1) is 0 Å². The Bertz CT molecular complexity index is 1010. The molecule has 1 aromatic heterocycles. The zero-order chi connectivity index (χ0) is 20.1. The largest absolute Gasteiger partial charge is 0.497 e. The van der Waals surface area contributed by atoms with Crippen molar-refractivity contribution in [2.45, 2.75) is 5.03 Å². The van der Waals surface area contributed by atoms with Crippen LogP contribution < -0.4 is 15.0 Å². The Kier molecular flexibility index (Phi) is 6.12. The molecule has 1 saturated heterocycles. The molecule has 1 aliphatic heterocycles. The Morgan fingerprint density at radius 1 is 1.14 bits per heavy atom. The molecule has 150 valence electrons. The van der Waals surface area contributed by atoms with Crippen LogP contribution in [0.25, 0.3) is 10.8 Å². The highest BCUT2D eigenvalue weighted by atomic mass is 32.2. The van der Waals surface area contributed by atoms with Gasteiger partial charge in [0.15, 0.2) is 5.82 Å². The highest BCUT2D eigenvalue weighted by molar-refractivity contribution is 8.00. The first-order valence-corrected chi connectivity index (χ1v) is 10.4. The third-order valence-corrected chi connectivity index (χ3v) is 5.62. The number of ether oxygens (including phenoxy) is 2. The van der Waals surface area contributed by atoms with E-state index in [1.165, 1.54) is 11.8 Å². The van der Waals surface area contributed by atoms with Crippen LogP contribution in [0.3, 0.4) is 0 Å². The van der Waals surface area contributed by atoms with Crippen molar-refractivity contribution in [1.82, 2.24) is 10.2 Å². The van der Waals surface area contributed by atoms with Crippen molar-refractivity contribution >= 4 is 39.9 Å². The average molecular weight is 410 g/mol. The Morgan fingerprint density at radius 3 is 2.72 bits per heavy atom. The molecule has 1 fully saturated rings. The first kappa shape index (κ1) is 19.5. The molecule has 7 nitrogen and oxygen atoms in total.